The molecule has 3 aromatic rings. The van der Waals surface area contributed by atoms with Gasteiger partial charge in [-0.1, -0.05) is 36.9 Å². The Hall–Kier alpha value is -2.17. The second kappa shape index (κ2) is 8.46. The van der Waals surface area contributed by atoms with Crippen LogP contribution in [0.1, 0.15) is 32.8 Å². The molecule has 146 valence electrons. The summed E-state index contributed by atoms with van der Waals surface area (Å²) in [6, 6.07) is 15.0. The van der Waals surface area contributed by atoms with Crippen molar-refractivity contribution >= 4 is 28.2 Å². The lowest BCUT2D eigenvalue weighted by Gasteiger charge is -2.24. The third-order valence-electron chi connectivity index (χ3n) is 5.18. The Balaban J connectivity index is 1.63. The molecule has 4 heteroatoms. The van der Waals surface area contributed by atoms with Crippen molar-refractivity contribution < 1.29 is 4.74 Å². The SMILES string of the molecule is CCN1CC=C(c2c[nH]c3ccc(Sc4ccccc4OC(C)C)cc23)CC1. The van der Waals surface area contributed by atoms with Gasteiger partial charge in [0.2, 0.25) is 0 Å². The lowest BCUT2D eigenvalue weighted by molar-refractivity contribution is 0.236. The molecule has 1 aliphatic rings. The van der Waals surface area contributed by atoms with Gasteiger partial charge in [-0.2, -0.15) is 0 Å². The van der Waals surface area contributed by atoms with E-state index < -0.39 is 0 Å². The molecule has 0 radical (unpaired) electrons. The summed E-state index contributed by atoms with van der Waals surface area (Å²) in [7, 11) is 0. The molecule has 0 aliphatic carbocycles. The van der Waals surface area contributed by atoms with Crippen molar-refractivity contribution in [1.29, 1.82) is 0 Å². The number of ether oxygens (including phenoxy) is 1. The highest BCUT2D eigenvalue weighted by Crippen LogP contribution is 2.38. The molecule has 1 aliphatic heterocycles. The first-order chi connectivity index (χ1) is 13.6. The van der Waals surface area contributed by atoms with E-state index in [0.717, 1.165) is 36.7 Å². The second-order valence-corrected chi connectivity index (χ2v) is 8.61. The quantitative estimate of drug-likeness (QED) is 0.540. The zero-order valence-corrected chi connectivity index (χ0v) is 17.7. The van der Waals surface area contributed by atoms with Crippen molar-refractivity contribution in [2.24, 2.45) is 0 Å². The average molecular weight is 393 g/mol. The molecular formula is C24H28N2OS. The van der Waals surface area contributed by atoms with Gasteiger partial charge in [-0.15, -0.1) is 0 Å². The number of aromatic amines is 1. The highest BCUT2D eigenvalue weighted by molar-refractivity contribution is 7.99. The lowest BCUT2D eigenvalue weighted by Crippen LogP contribution is -2.27. The fourth-order valence-electron chi connectivity index (χ4n) is 3.68. The molecule has 1 N–H and O–H groups in total. The second-order valence-electron chi connectivity index (χ2n) is 7.50. The number of benzene rings is 2. The van der Waals surface area contributed by atoms with Crippen LogP contribution in [0.5, 0.6) is 5.75 Å². The third kappa shape index (κ3) is 4.13. The van der Waals surface area contributed by atoms with Gasteiger partial charge in [-0.3, -0.25) is 4.90 Å². The number of rotatable bonds is 6. The predicted octanol–water partition coefficient (Wildman–Crippen LogP) is 6.22. The Kier molecular flexibility index (Phi) is 5.79. The van der Waals surface area contributed by atoms with Crippen molar-refractivity contribution in [2.75, 3.05) is 19.6 Å². The van der Waals surface area contributed by atoms with Gasteiger partial charge in [0.15, 0.2) is 0 Å². The minimum absolute atomic E-state index is 0.168. The number of para-hydroxylation sites is 1. The minimum Gasteiger partial charge on any atom is -0.490 e. The van der Waals surface area contributed by atoms with E-state index in [2.05, 4.69) is 79.3 Å². The van der Waals surface area contributed by atoms with Crippen LogP contribution >= 0.6 is 11.8 Å². The van der Waals surface area contributed by atoms with Crippen LogP contribution in [0.15, 0.2) is 64.5 Å². The van der Waals surface area contributed by atoms with E-state index in [1.165, 1.54) is 26.9 Å². The fraction of sp³-hybridized carbons (Fsp3) is 0.333. The topological polar surface area (TPSA) is 28.3 Å². The number of likely N-dealkylation sites (N-methyl/N-ethyl adjacent to an activating group) is 1. The monoisotopic (exact) mass is 392 g/mol. The van der Waals surface area contributed by atoms with Crippen molar-refractivity contribution in [3.8, 4) is 5.75 Å². The third-order valence-corrected chi connectivity index (χ3v) is 6.23. The van der Waals surface area contributed by atoms with E-state index >= 15 is 0 Å². The van der Waals surface area contributed by atoms with Crippen LogP contribution < -0.4 is 4.74 Å². The summed E-state index contributed by atoms with van der Waals surface area (Å²) in [5.74, 6) is 0.950. The number of hydrogen-bond acceptors (Lipinski definition) is 3. The minimum atomic E-state index is 0.168. The molecule has 3 nitrogen and oxygen atoms in total. The summed E-state index contributed by atoms with van der Waals surface area (Å²) >= 11 is 1.77. The number of nitrogens with one attached hydrogen (secondary N) is 1. The first kappa shape index (κ1) is 19.2. The van der Waals surface area contributed by atoms with E-state index in [1.807, 2.05) is 6.07 Å². The van der Waals surface area contributed by atoms with Gasteiger partial charge in [0.25, 0.3) is 0 Å². The Labute approximate surface area is 171 Å². The van der Waals surface area contributed by atoms with Gasteiger partial charge in [-0.05, 0) is 62.7 Å². The molecule has 28 heavy (non-hydrogen) atoms. The molecule has 2 aromatic carbocycles. The van der Waals surface area contributed by atoms with Crippen molar-refractivity contribution in [2.45, 2.75) is 43.1 Å². The summed E-state index contributed by atoms with van der Waals surface area (Å²) < 4.78 is 5.99. The Morgan fingerprint density at radius 3 is 2.79 bits per heavy atom. The largest absolute Gasteiger partial charge is 0.490 e. The van der Waals surface area contributed by atoms with Gasteiger partial charge in [0.1, 0.15) is 5.75 Å². The molecule has 0 amide bonds. The van der Waals surface area contributed by atoms with Crippen LogP contribution in [0, 0.1) is 0 Å². The van der Waals surface area contributed by atoms with Crippen LogP contribution in [0.4, 0.5) is 0 Å². The van der Waals surface area contributed by atoms with E-state index in [0.29, 0.717) is 0 Å². The number of aromatic nitrogens is 1. The zero-order valence-electron chi connectivity index (χ0n) is 16.9. The number of hydrogen-bond donors (Lipinski definition) is 1. The molecule has 4 rings (SSSR count). The average Bonchev–Trinajstić information content (AvgIpc) is 3.12. The van der Waals surface area contributed by atoms with Gasteiger partial charge >= 0.3 is 0 Å². The highest BCUT2D eigenvalue weighted by Gasteiger charge is 2.15. The van der Waals surface area contributed by atoms with Gasteiger partial charge < -0.3 is 9.72 Å². The molecular weight excluding hydrogens is 364 g/mol. The van der Waals surface area contributed by atoms with E-state index in [-0.39, 0.29) is 6.10 Å². The van der Waals surface area contributed by atoms with E-state index in [9.17, 15) is 0 Å². The summed E-state index contributed by atoms with van der Waals surface area (Å²) in [5, 5.41) is 1.31. The van der Waals surface area contributed by atoms with Gasteiger partial charge in [0.05, 0.1) is 11.0 Å². The van der Waals surface area contributed by atoms with Gasteiger partial charge in [0, 0.05) is 40.6 Å². The Bertz CT molecular complexity index is 989. The van der Waals surface area contributed by atoms with Crippen LogP contribution in [0.2, 0.25) is 0 Å². The summed E-state index contributed by atoms with van der Waals surface area (Å²) in [4.78, 5) is 8.32. The molecule has 2 heterocycles. The molecule has 0 bridgehead atoms. The number of nitrogens with zero attached hydrogens (tertiary/aromatic N) is 1. The molecule has 0 atom stereocenters. The molecule has 0 fully saturated rings. The lowest BCUT2D eigenvalue weighted by atomic mass is 9.99. The van der Waals surface area contributed by atoms with Crippen LogP contribution in [0.3, 0.4) is 0 Å². The first-order valence-electron chi connectivity index (χ1n) is 10.1. The van der Waals surface area contributed by atoms with Gasteiger partial charge in [-0.25, -0.2) is 0 Å². The molecule has 0 unspecified atom stereocenters. The maximum absolute atomic E-state index is 5.99. The first-order valence-corrected chi connectivity index (χ1v) is 10.9. The van der Waals surface area contributed by atoms with E-state index in [4.69, 9.17) is 4.74 Å². The van der Waals surface area contributed by atoms with E-state index in [1.54, 1.807) is 11.8 Å². The van der Waals surface area contributed by atoms with Crippen LogP contribution in [0.25, 0.3) is 16.5 Å². The predicted molar refractivity (Wildman–Crippen MR) is 119 cm³/mol. The maximum Gasteiger partial charge on any atom is 0.133 e. The normalized spacial score (nSPS) is 15.2. The maximum atomic E-state index is 5.99. The summed E-state index contributed by atoms with van der Waals surface area (Å²) in [5.41, 5.74) is 4.01. The Morgan fingerprint density at radius 2 is 2.04 bits per heavy atom. The number of fused-ring (bicyclic) bond motifs is 1. The van der Waals surface area contributed by atoms with Crippen molar-refractivity contribution in [3.63, 3.8) is 0 Å². The van der Waals surface area contributed by atoms with Crippen molar-refractivity contribution in [1.82, 2.24) is 9.88 Å². The molecule has 1 aromatic heterocycles. The standard InChI is InChI=1S/C24H28N2OS/c1-4-26-13-11-18(12-14-26)21-16-25-22-10-9-19(15-20(21)22)28-24-8-6-5-7-23(24)27-17(2)3/h5-11,15-17,25H,4,12-14H2,1-3H3. The number of H-pyrrole nitrogens is 1. The molecule has 0 saturated carbocycles. The molecule has 0 saturated heterocycles. The highest BCUT2D eigenvalue weighted by atomic mass is 32.2. The summed E-state index contributed by atoms with van der Waals surface area (Å²) in [6.07, 6.45) is 5.84. The van der Waals surface area contributed by atoms with Crippen LogP contribution in [-0.4, -0.2) is 35.6 Å². The van der Waals surface area contributed by atoms with Crippen molar-refractivity contribution in [3.05, 3.63) is 60.3 Å². The fourth-order valence-corrected chi connectivity index (χ4v) is 4.61. The zero-order chi connectivity index (χ0) is 19.5. The van der Waals surface area contributed by atoms with Crippen LogP contribution in [-0.2, 0) is 0 Å². The Morgan fingerprint density at radius 1 is 1.18 bits per heavy atom. The summed E-state index contributed by atoms with van der Waals surface area (Å²) in [6.45, 7) is 9.68. The smallest absolute Gasteiger partial charge is 0.133 e. The molecule has 0 spiro atoms.